The van der Waals surface area contributed by atoms with Crippen LogP contribution >= 0.6 is 23.1 Å². The topological polar surface area (TPSA) is 67.4 Å². The van der Waals surface area contributed by atoms with E-state index in [4.69, 9.17) is 4.74 Å². The van der Waals surface area contributed by atoms with E-state index in [1.54, 1.807) is 23.1 Å². The van der Waals surface area contributed by atoms with Crippen LogP contribution in [0.25, 0.3) is 0 Å². The highest BCUT2D eigenvalue weighted by Crippen LogP contribution is 2.24. The number of nitrogens with one attached hydrogen (secondary N) is 1. The maximum absolute atomic E-state index is 12.5. The molecule has 1 atom stereocenters. The Morgan fingerprint density at radius 2 is 2.20 bits per heavy atom. The summed E-state index contributed by atoms with van der Waals surface area (Å²) in [4.78, 5) is 15.0. The number of ether oxygens (including phenoxy) is 1. The van der Waals surface area contributed by atoms with E-state index >= 15 is 0 Å². The summed E-state index contributed by atoms with van der Waals surface area (Å²) in [6.45, 7) is 6.49. The second-order valence-corrected chi connectivity index (χ2v) is 9.28. The molecule has 1 aromatic heterocycles. The molecule has 6 nitrogen and oxygen atoms in total. The molecule has 2 fully saturated rings. The van der Waals surface area contributed by atoms with Crippen LogP contribution in [0.3, 0.4) is 0 Å². The van der Waals surface area contributed by atoms with E-state index in [1.807, 2.05) is 6.92 Å². The molecule has 0 radical (unpaired) electrons. The number of aromatic nitrogens is 2. The minimum atomic E-state index is 0.148. The van der Waals surface area contributed by atoms with E-state index in [2.05, 4.69) is 20.4 Å². The zero-order chi connectivity index (χ0) is 17.5. The minimum Gasteiger partial charge on any atom is -0.381 e. The van der Waals surface area contributed by atoms with Crippen molar-refractivity contribution in [3.63, 3.8) is 0 Å². The summed E-state index contributed by atoms with van der Waals surface area (Å²) in [6, 6.07) is 0.608. The molecule has 25 heavy (non-hydrogen) atoms. The van der Waals surface area contributed by atoms with Gasteiger partial charge >= 0.3 is 0 Å². The molecule has 0 aromatic carbocycles. The number of carbonyl (C=O) groups is 1. The first-order chi connectivity index (χ1) is 12.2. The SMILES string of the molecule is Cc1nnc(SCCCNC(=O)[C@H]2CCCN(C3CCOCC3)C2)s1. The molecular weight excluding hydrogens is 356 g/mol. The molecular formula is C17H28N4O2S2. The van der Waals surface area contributed by atoms with Gasteiger partial charge in [-0.3, -0.25) is 9.69 Å². The molecule has 0 unspecified atom stereocenters. The lowest BCUT2D eigenvalue weighted by atomic mass is 9.94. The number of nitrogens with zero attached hydrogens (tertiary/aromatic N) is 3. The third-order valence-electron chi connectivity index (χ3n) is 4.88. The number of likely N-dealkylation sites (tertiary alicyclic amines) is 1. The predicted octanol–water partition coefficient (Wildman–Crippen LogP) is 2.34. The highest BCUT2D eigenvalue weighted by atomic mass is 32.2. The predicted molar refractivity (Wildman–Crippen MR) is 101 cm³/mol. The molecule has 2 aliphatic heterocycles. The van der Waals surface area contributed by atoms with Gasteiger partial charge in [-0.25, -0.2) is 0 Å². The van der Waals surface area contributed by atoms with Crippen LogP contribution in [0.4, 0.5) is 0 Å². The van der Waals surface area contributed by atoms with Crippen LogP contribution in [-0.4, -0.2) is 65.6 Å². The fourth-order valence-corrected chi connectivity index (χ4v) is 5.35. The quantitative estimate of drug-likeness (QED) is 0.575. The van der Waals surface area contributed by atoms with E-state index < -0.39 is 0 Å². The van der Waals surface area contributed by atoms with Crippen LogP contribution < -0.4 is 5.32 Å². The number of rotatable bonds is 7. The van der Waals surface area contributed by atoms with Gasteiger partial charge in [0, 0.05) is 38.1 Å². The molecule has 0 aliphatic carbocycles. The summed E-state index contributed by atoms with van der Waals surface area (Å²) in [5.74, 6) is 1.34. The van der Waals surface area contributed by atoms with Crippen molar-refractivity contribution >= 4 is 29.0 Å². The second-order valence-electron chi connectivity index (χ2n) is 6.76. The second kappa shape index (κ2) is 9.85. The Kier molecular flexibility index (Phi) is 7.51. The van der Waals surface area contributed by atoms with Gasteiger partial charge in [-0.2, -0.15) is 0 Å². The first-order valence-electron chi connectivity index (χ1n) is 9.25. The number of hydrogen-bond acceptors (Lipinski definition) is 7. The molecule has 0 spiro atoms. The zero-order valence-electron chi connectivity index (χ0n) is 14.9. The van der Waals surface area contributed by atoms with E-state index in [0.717, 1.165) is 80.1 Å². The van der Waals surface area contributed by atoms with Gasteiger partial charge in [-0.05, 0) is 45.6 Å². The Morgan fingerprint density at radius 3 is 2.96 bits per heavy atom. The van der Waals surface area contributed by atoms with Crippen molar-refractivity contribution < 1.29 is 9.53 Å². The van der Waals surface area contributed by atoms with Crippen LogP contribution in [0.2, 0.25) is 0 Å². The zero-order valence-corrected chi connectivity index (χ0v) is 16.5. The van der Waals surface area contributed by atoms with Gasteiger partial charge in [0.15, 0.2) is 4.34 Å². The van der Waals surface area contributed by atoms with Gasteiger partial charge < -0.3 is 10.1 Å². The smallest absolute Gasteiger partial charge is 0.224 e. The maximum Gasteiger partial charge on any atom is 0.224 e. The Hall–Kier alpha value is -0.700. The molecule has 1 amide bonds. The molecule has 8 heteroatoms. The third-order valence-corrected chi connectivity index (χ3v) is 6.94. The maximum atomic E-state index is 12.5. The lowest BCUT2D eigenvalue weighted by Crippen LogP contribution is -2.48. The van der Waals surface area contributed by atoms with Crippen molar-refractivity contribution in [2.75, 3.05) is 38.6 Å². The average molecular weight is 385 g/mol. The highest BCUT2D eigenvalue weighted by Gasteiger charge is 2.30. The largest absolute Gasteiger partial charge is 0.381 e. The number of carbonyl (C=O) groups excluding carboxylic acids is 1. The standard InChI is InChI=1S/C17H28N4O2S2/c1-13-19-20-17(25-13)24-11-3-7-18-16(22)14-4-2-8-21(12-14)15-5-9-23-10-6-15/h14-15H,2-12H2,1H3,(H,18,22)/t14-/m0/s1. The summed E-state index contributed by atoms with van der Waals surface area (Å²) in [5.41, 5.74) is 0. The number of aryl methyl sites for hydroxylation is 1. The van der Waals surface area contributed by atoms with Gasteiger partial charge in [-0.1, -0.05) is 23.1 Å². The van der Waals surface area contributed by atoms with Gasteiger partial charge in [0.05, 0.1) is 5.92 Å². The first-order valence-corrected chi connectivity index (χ1v) is 11.0. The summed E-state index contributed by atoms with van der Waals surface area (Å²) < 4.78 is 6.48. The minimum absolute atomic E-state index is 0.148. The van der Waals surface area contributed by atoms with Crippen molar-refractivity contribution in [2.24, 2.45) is 5.92 Å². The highest BCUT2D eigenvalue weighted by molar-refractivity contribution is 8.01. The summed E-state index contributed by atoms with van der Waals surface area (Å²) >= 11 is 3.35. The van der Waals surface area contributed by atoms with Crippen LogP contribution in [0.5, 0.6) is 0 Å². The van der Waals surface area contributed by atoms with E-state index in [0.29, 0.717) is 6.04 Å². The number of thioether (sulfide) groups is 1. The Morgan fingerprint density at radius 1 is 1.36 bits per heavy atom. The summed E-state index contributed by atoms with van der Waals surface area (Å²) in [5, 5.41) is 12.3. The van der Waals surface area contributed by atoms with Crippen molar-refractivity contribution in [3.05, 3.63) is 5.01 Å². The lowest BCUT2D eigenvalue weighted by molar-refractivity contribution is -0.127. The van der Waals surface area contributed by atoms with Gasteiger partial charge in [0.1, 0.15) is 5.01 Å². The first kappa shape index (κ1) is 19.1. The van der Waals surface area contributed by atoms with Gasteiger partial charge in [-0.15, -0.1) is 10.2 Å². The third kappa shape index (κ3) is 5.91. The van der Waals surface area contributed by atoms with Crippen molar-refractivity contribution in [2.45, 2.75) is 49.4 Å². The van der Waals surface area contributed by atoms with Crippen LogP contribution in [0.15, 0.2) is 4.34 Å². The van der Waals surface area contributed by atoms with Crippen molar-refractivity contribution in [3.8, 4) is 0 Å². The van der Waals surface area contributed by atoms with Crippen molar-refractivity contribution in [1.82, 2.24) is 20.4 Å². The molecule has 2 saturated heterocycles. The summed E-state index contributed by atoms with van der Waals surface area (Å²) in [7, 11) is 0. The summed E-state index contributed by atoms with van der Waals surface area (Å²) in [6.07, 6.45) is 5.32. The molecule has 0 bridgehead atoms. The molecule has 140 valence electrons. The molecule has 1 N–H and O–H groups in total. The van der Waals surface area contributed by atoms with Gasteiger partial charge in [0.25, 0.3) is 0 Å². The fourth-order valence-electron chi connectivity index (χ4n) is 3.53. The Balaban J connectivity index is 1.33. The van der Waals surface area contributed by atoms with E-state index in [1.165, 1.54) is 0 Å². The van der Waals surface area contributed by atoms with E-state index in [-0.39, 0.29) is 11.8 Å². The molecule has 0 saturated carbocycles. The number of piperidine rings is 1. The molecule has 3 rings (SSSR count). The molecule has 3 heterocycles. The van der Waals surface area contributed by atoms with E-state index in [9.17, 15) is 4.79 Å². The number of amides is 1. The van der Waals surface area contributed by atoms with Crippen LogP contribution in [-0.2, 0) is 9.53 Å². The fraction of sp³-hybridized carbons (Fsp3) is 0.824. The molecule has 2 aliphatic rings. The number of hydrogen-bond donors (Lipinski definition) is 1. The van der Waals surface area contributed by atoms with Crippen molar-refractivity contribution in [1.29, 1.82) is 0 Å². The van der Waals surface area contributed by atoms with Crippen LogP contribution in [0.1, 0.15) is 37.1 Å². The monoisotopic (exact) mass is 384 g/mol. The van der Waals surface area contributed by atoms with Gasteiger partial charge in [0.2, 0.25) is 5.91 Å². The average Bonchev–Trinajstić information content (AvgIpc) is 3.07. The Labute approximate surface area is 158 Å². The normalized spacial score (nSPS) is 22.8. The Bertz CT molecular complexity index is 549. The molecule has 1 aromatic rings. The lowest BCUT2D eigenvalue weighted by Gasteiger charge is -2.39. The van der Waals surface area contributed by atoms with Crippen LogP contribution in [0, 0.1) is 12.8 Å².